The van der Waals surface area contributed by atoms with Crippen molar-refractivity contribution in [1.82, 2.24) is 4.31 Å². The van der Waals surface area contributed by atoms with E-state index < -0.39 is 10.0 Å². The molecule has 0 spiro atoms. The Labute approximate surface area is 189 Å². The fraction of sp³-hybridized carbons (Fsp3) is 0.417. The molecule has 0 radical (unpaired) electrons. The minimum Gasteiger partial charge on any atom is -0.325 e. The molecule has 2 aliphatic rings. The maximum Gasteiger partial charge on any atom is 0.244 e. The molecule has 2 aromatic rings. The highest BCUT2D eigenvalue weighted by molar-refractivity contribution is 7.89. The normalized spacial score (nSPS) is 19.5. The number of anilines is 2. The van der Waals surface area contributed by atoms with Crippen molar-refractivity contribution in [3.05, 3.63) is 53.6 Å². The zero-order valence-electron chi connectivity index (χ0n) is 18.5. The largest absolute Gasteiger partial charge is 0.325 e. The van der Waals surface area contributed by atoms with Crippen molar-refractivity contribution < 1.29 is 18.0 Å². The van der Waals surface area contributed by atoms with Gasteiger partial charge in [0.1, 0.15) is 6.54 Å². The fourth-order valence-corrected chi connectivity index (χ4v) is 6.17. The van der Waals surface area contributed by atoms with Gasteiger partial charge in [-0.15, -0.1) is 0 Å². The number of hydrogen-bond acceptors (Lipinski definition) is 4. The van der Waals surface area contributed by atoms with Crippen LogP contribution in [0.3, 0.4) is 0 Å². The van der Waals surface area contributed by atoms with Crippen LogP contribution in [0.1, 0.15) is 43.7 Å². The van der Waals surface area contributed by atoms with Crippen LogP contribution in [0.5, 0.6) is 0 Å². The van der Waals surface area contributed by atoms with Gasteiger partial charge in [-0.05, 0) is 69.0 Å². The van der Waals surface area contributed by atoms with Crippen LogP contribution in [-0.4, -0.2) is 43.7 Å². The van der Waals surface area contributed by atoms with E-state index in [4.69, 9.17) is 0 Å². The van der Waals surface area contributed by atoms with E-state index in [1.807, 2.05) is 38.1 Å². The van der Waals surface area contributed by atoms with Crippen LogP contribution in [0.15, 0.2) is 47.4 Å². The summed E-state index contributed by atoms with van der Waals surface area (Å²) in [4.78, 5) is 26.9. The molecule has 1 fully saturated rings. The molecule has 2 amide bonds. The third kappa shape index (κ3) is 4.56. The number of rotatable bonds is 5. The summed E-state index contributed by atoms with van der Waals surface area (Å²) < 4.78 is 28.0. The van der Waals surface area contributed by atoms with E-state index in [2.05, 4.69) is 5.32 Å². The van der Waals surface area contributed by atoms with E-state index in [1.165, 1.54) is 4.90 Å². The monoisotopic (exact) mass is 455 g/mol. The quantitative estimate of drug-likeness (QED) is 0.748. The minimum atomic E-state index is -3.59. The predicted octanol–water partition coefficient (Wildman–Crippen LogP) is 3.48. The van der Waals surface area contributed by atoms with Gasteiger partial charge in [-0.25, -0.2) is 8.42 Å². The Morgan fingerprint density at radius 3 is 2.56 bits per heavy atom. The lowest BCUT2D eigenvalue weighted by molar-refractivity contribution is -0.121. The lowest BCUT2D eigenvalue weighted by atomic mass is 10.0. The lowest BCUT2D eigenvalue weighted by Gasteiger charge is -2.33. The molecule has 0 unspecified atom stereocenters. The number of sulfonamides is 1. The highest BCUT2D eigenvalue weighted by Crippen LogP contribution is 2.32. The van der Waals surface area contributed by atoms with Gasteiger partial charge < -0.3 is 10.2 Å². The van der Waals surface area contributed by atoms with Crippen LogP contribution >= 0.6 is 0 Å². The molecule has 7 nitrogen and oxygen atoms in total. The summed E-state index contributed by atoms with van der Waals surface area (Å²) in [7, 11) is -3.59. The minimum absolute atomic E-state index is 0.0201. The summed E-state index contributed by atoms with van der Waals surface area (Å²) in [5.74, 6) is -0.439. The van der Waals surface area contributed by atoms with Gasteiger partial charge >= 0.3 is 0 Å². The average molecular weight is 456 g/mol. The number of nitrogens with one attached hydrogen (secondary N) is 1. The number of hydrogen-bond donors (Lipinski definition) is 1. The Kier molecular flexibility index (Phi) is 6.35. The Morgan fingerprint density at radius 2 is 1.84 bits per heavy atom. The number of nitrogens with zero attached hydrogens (tertiary/aromatic N) is 2. The highest BCUT2D eigenvalue weighted by Gasteiger charge is 2.33. The molecule has 32 heavy (non-hydrogen) atoms. The van der Waals surface area contributed by atoms with Crippen LogP contribution < -0.4 is 10.2 Å². The van der Waals surface area contributed by atoms with Gasteiger partial charge in [0.25, 0.3) is 0 Å². The van der Waals surface area contributed by atoms with Gasteiger partial charge in [-0.1, -0.05) is 24.1 Å². The van der Waals surface area contributed by atoms with Crippen LogP contribution in [0, 0.1) is 6.92 Å². The van der Waals surface area contributed by atoms with Crippen LogP contribution in [0.2, 0.25) is 0 Å². The number of piperidine rings is 1. The summed E-state index contributed by atoms with van der Waals surface area (Å²) >= 11 is 0. The smallest absolute Gasteiger partial charge is 0.244 e. The molecule has 1 N–H and O–H groups in total. The van der Waals surface area contributed by atoms with Gasteiger partial charge in [0.15, 0.2) is 0 Å². The zero-order chi connectivity index (χ0) is 22.9. The third-order valence-corrected chi connectivity index (χ3v) is 8.25. The van der Waals surface area contributed by atoms with E-state index in [9.17, 15) is 18.0 Å². The number of amides is 2. The number of carbonyl (C=O) groups excluding carboxylic acids is 2. The van der Waals surface area contributed by atoms with E-state index in [-0.39, 0.29) is 35.7 Å². The summed E-state index contributed by atoms with van der Waals surface area (Å²) in [6.07, 6.45) is 3.48. The summed E-state index contributed by atoms with van der Waals surface area (Å²) in [5, 5.41) is 2.82. The van der Waals surface area contributed by atoms with Crippen molar-refractivity contribution in [1.29, 1.82) is 0 Å². The molecule has 0 saturated carbocycles. The topological polar surface area (TPSA) is 86.8 Å². The zero-order valence-corrected chi connectivity index (χ0v) is 19.3. The number of benzene rings is 2. The standard InChI is InChI=1S/C24H29N3O4S/c1-17-6-9-20(10-7-17)25-23(28)16-26-22-12-11-21(15-19(22)8-13-24(26)29)32(30,31)27-14-4-3-5-18(27)2/h6-7,9-12,15,18H,3-5,8,13-14,16H2,1-2H3,(H,25,28)/t18-/m1/s1. The Bertz CT molecular complexity index is 1130. The molecule has 0 aromatic heterocycles. The summed E-state index contributed by atoms with van der Waals surface area (Å²) in [6.45, 7) is 4.33. The second-order valence-corrected chi connectivity index (χ2v) is 10.5. The second kappa shape index (κ2) is 9.03. The molecule has 2 heterocycles. The maximum absolute atomic E-state index is 13.2. The Hall–Kier alpha value is -2.71. The number of fused-ring (bicyclic) bond motifs is 1. The molecule has 2 aromatic carbocycles. The molecule has 2 aliphatic heterocycles. The van der Waals surface area contributed by atoms with Crippen LogP contribution in [0.25, 0.3) is 0 Å². The molecule has 8 heteroatoms. The van der Waals surface area contributed by atoms with Crippen molar-refractivity contribution >= 4 is 33.2 Å². The molecular formula is C24H29N3O4S. The van der Waals surface area contributed by atoms with E-state index in [1.54, 1.807) is 22.5 Å². The molecule has 4 rings (SSSR count). The maximum atomic E-state index is 13.2. The summed E-state index contributed by atoms with van der Waals surface area (Å²) in [5.41, 5.74) is 3.14. The fourth-order valence-electron chi connectivity index (χ4n) is 4.42. The molecule has 0 aliphatic carbocycles. The first-order chi connectivity index (χ1) is 15.3. The first kappa shape index (κ1) is 22.5. The van der Waals surface area contributed by atoms with Gasteiger partial charge in [-0.2, -0.15) is 4.31 Å². The first-order valence-electron chi connectivity index (χ1n) is 11.1. The van der Waals surface area contributed by atoms with E-state index in [0.717, 1.165) is 30.4 Å². The summed E-state index contributed by atoms with van der Waals surface area (Å²) in [6, 6.07) is 12.3. The average Bonchev–Trinajstić information content (AvgIpc) is 2.77. The molecule has 170 valence electrons. The van der Waals surface area contributed by atoms with Crippen molar-refractivity contribution in [2.45, 2.75) is 56.9 Å². The van der Waals surface area contributed by atoms with Crippen molar-refractivity contribution in [3.8, 4) is 0 Å². The van der Waals surface area contributed by atoms with Crippen molar-refractivity contribution in [2.24, 2.45) is 0 Å². The lowest BCUT2D eigenvalue weighted by Crippen LogP contribution is -2.42. The first-order valence-corrected chi connectivity index (χ1v) is 12.5. The van der Waals surface area contributed by atoms with Gasteiger partial charge in [0.05, 0.1) is 4.90 Å². The van der Waals surface area contributed by atoms with Gasteiger partial charge in [0.2, 0.25) is 21.8 Å². The predicted molar refractivity (Wildman–Crippen MR) is 124 cm³/mol. The second-order valence-electron chi connectivity index (χ2n) is 8.65. The Morgan fingerprint density at radius 1 is 1.09 bits per heavy atom. The highest BCUT2D eigenvalue weighted by atomic mass is 32.2. The van der Waals surface area contributed by atoms with Crippen molar-refractivity contribution in [2.75, 3.05) is 23.3 Å². The SMILES string of the molecule is Cc1ccc(NC(=O)CN2C(=O)CCc3cc(S(=O)(=O)N4CCCC[C@H]4C)ccc32)cc1. The Balaban J connectivity index is 1.55. The molecule has 1 saturated heterocycles. The molecule has 0 bridgehead atoms. The van der Waals surface area contributed by atoms with Gasteiger partial charge in [0, 0.05) is 30.4 Å². The number of aryl methyl sites for hydroxylation is 2. The van der Waals surface area contributed by atoms with Gasteiger partial charge in [-0.3, -0.25) is 9.59 Å². The van der Waals surface area contributed by atoms with E-state index in [0.29, 0.717) is 24.3 Å². The third-order valence-electron chi connectivity index (χ3n) is 6.24. The molecule has 1 atom stereocenters. The van der Waals surface area contributed by atoms with E-state index >= 15 is 0 Å². The number of carbonyl (C=O) groups is 2. The van der Waals surface area contributed by atoms with Crippen molar-refractivity contribution in [3.63, 3.8) is 0 Å². The van der Waals surface area contributed by atoms with Crippen LogP contribution in [-0.2, 0) is 26.0 Å². The van der Waals surface area contributed by atoms with Crippen LogP contribution in [0.4, 0.5) is 11.4 Å². The molecular weight excluding hydrogens is 426 g/mol.